The van der Waals surface area contributed by atoms with Crippen LogP contribution in [-0.4, -0.2) is 39.4 Å². The van der Waals surface area contributed by atoms with Gasteiger partial charge in [0.15, 0.2) is 5.82 Å². The molecule has 0 spiro atoms. The number of likely N-dealkylation sites (tertiary alicyclic amines) is 1. The van der Waals surface area contributed by atoms with Crippen LogP contribution in [0.2, 0.25) is 0 Å². The second-order valence-corrected chi connectivity index (χ2v) is 7.01. The molecule has 2 aliphatic rings. The quantitative estimate of drug-likeness (QED) is 0.919. The minimum absolute atomic E-state index is 0.0183. The van der Waals surface area contributed by atoms with Crippen LogP contribution in [0.1, 0.15) is 58.0 Å². The van der Waals surface area contributed by atoms with Gasteiger partial charge in [-0.05, 0) is 37.7 Å². The fourth-order valence-corrected chi connectivity index (χ4v) is 3.81. The molecule has 0 aliphatic carbocycles. The zero-order valence-electron chi connectivity index (χ0n) is 14.9. The average Bonchev–Trinajstić information content (AvgIpc) is 3.35. The zero-order chi connectivity index (χ0) is 17.9. The van der Waals surface area contributed by atoms with Crippen molar-refractivity contribution in [2.75, 3.05) is 13.1 Å². The molecule has 0 unspecified atom stereocenters. The molecule has 0 saturated carbocycles. The van der Waals surface area contributed by atoms with Gasteiger partial charge in [-0.2, -0.15) is 0 Å². The Morgan fingerprint density at radius 1 is 1.00 bits per heavy atom. The number of fused-ring (bicyclic) bond motifs is 1. The first-order valence-electron chi connectivity index (χ1n) is 9.45. The van der Waals surface area contributed by atoms with E-state index >= 15 is 0 Å². The number of benzene rings is 1. The number of imidazole rings is 1. The topological polar surface area (TPSA) is 67.2 Å². The van der Waals surface area contributed by atoms with Crippen LogP contribution < -0.4 is 5.32 Å². The Kier molecular flexibility index (Phi) is 4.73. The van der Waals surface area contributed by atoms with Crippen molar-refractivity contribution in [2.45, 2.75) is 45.2 Å². The first-order chi connectivity index (χ1) is 12.7. The molecule has 0 atom stereocenters. The van der Waals surface area contributed by atoms with E-state index in [0.29, 0.717) is 18.1 Å². The number of hydrogen-bond donors (Lipinski definition) is 1. The standard InChI is InChI=1S/C20H24N4O2/c25-19(21-14-15-8-2-1-3-9-15)18-22-17(16-10-4-5-13-24(16)18)20(26)23-11-6-7-12-23/h1-3,8-9H,4-7,10-14H2,(H,21,25). The molecule has 6 heteroatoms. The van der Waals surface area contributed by atoms with Crippen LogP contribution in [0.4, 0.5) is 0 Å². The molecule has 26 heavy (non-hydrogen) atoms. The van der Waals surface area contributed by atoms with Crippen LogP contribution in [0.15, 0.2) is 30.3 Å². The van der Waals surface area contributed by atoms with E-state index in [2.05, 4.69) is 10.3 Å². The number of hydrogen-bond acceptors (Lipinski definition) is 3. The van der Waals surface area contributed by atoms with Gasteiger partial charge in [-0.3, -0.25) is 9.59 Å². The van der Waals surface area contributed by atoms with E-state index < -0.39 is 0 Å². The number of rotatable bonds is 4. The predicted molar refractivity (Wildman–Crippen MR) is 97.9 cm³/mol. The Labute approximate surface area is 153 Å². The van der Waals surface area contributed by atoms with Gasteiger partial charge in [0.05, 0.1) is 5.69 Å². The number of aromatic nitrogens is 2. The summed E-state index contributed by atoms with van der Waals surface area (Å²) in [6, 6.07) is 9.80. The van der Waals surface area contributed by atoms with Crippen molar-refractivity contribution in [3.05, 3.63) is 53.1 Å². The number of nitrogens with one attached hydrogen (secondary N) is 1. The van der Waals surface area contributed by atoms with Gasteiger partial charge >= 0.3 is 0 Å². The number of nitrogens with zero attached hydrogens (tertiary/aromatic N) is 3. The fraction of sp³-hybridized carbons (Fsp3) is 0.450. The summed E-state index contributed by atoms with van der Waals surface area (Å²) in [7, 11) is 0. The third-order valence-electron chi connectivity index (χ3n) is 5.21. The molecule has 0 radical (unpaired) electrons. The number of amides is 2. The summed E-state index contributed by atoms with van der Waals surface area (Å²) in [5.41, 5.74) is 2.45. The lowest BCUT2D eigenvalue weighted by atomic mass is 10.1. The Morgan fingerprint density at radius 2 is 1.73 bits per heavy atom. The minimum Gasteiger partial charge on any atom is -0.345 e. The van der Waals surface area contributed by atoms with E-state index in [9.17, 15) is 9.59 Å². The summed E-state index contributed by atoms with van der Waals surface area (Å²) in [5.74, 6) is 0.144. The van der Waals surface area contributed by atoms with E-state index in [4.69, 9.17) is 0 Å². The van der Waals surface area contributed by atoms with Crippen molar-refractivity contribution in [1.82, 2.24) is 19.8 Å². The van der Waals surface area contributed by atoms with E-state index in [1.165, 1.54) is 0 Å². The number of carbonyl (C=O) groups excluding carboxylic acids is 2. The second kappa shape index (κ2) is 7.32. The highest BCUT2D eigenvalue weighted by molar-refractivity contribution is 5.97. The molecule has 6 nitrogen and oxygen atoms in total. The molecule has 0 bridgehead atoms. The third kappa shape index (κ3) is 3.23. The van der Waals surface area contributed by atoms with E-state index in [1.807, 2.05) is 39.8 Å². The average molecular weight is 352 g/mol. The first-order valence-corrected chi connectivity index (χ1v) is 9.45. The van der Waals surface area contributed by atoms with Crippen molar-refractivity contribution in [2.24, 2.45) is 0 Å². The summed E-state index contributed by atoms with van der Waals surface area (Å²) >= 11 is 0. The van der Waals surface area contributed by atoms with Crippen LogP contribution in [0.25, 0.3) is 0 Å². The maximum Gasteiger partial charge on any atom is 0.287 e. The van der Waals surface area contributed by atoms with Crippen LogP contribution >= 0.6 is 0 Å². The minimum atomic E-state index is -0.211. The van der Waals surface area contributed by atoms with Gasteiger partial charge in [-0.15, -0.1) is 0 Å². The van der Waals surface area contributed by atoms with E-state index in [-0.39, 0.29) is 11.8 Å². The van der Waals surface area contributed by atoms with Gasteiger partial charge in [0, 0.05) is 26.2 Å². The van der Waals surface area contributed by atoms with Crippen LogP contribution in [0.3, 0.4) is 0 Å². The summed E-state index contributed by atoms with van der Waals surface area (Å²) in [5, 5.41) is 2.94. The highest BCUT2D eigenvalue weighted by atomic mass is 16.2. The second-order valence-electron chi connectivity index (χ2n) is 7.01. The summed E-state index contributed by atoms with van der Waals surface area (Å²) in [6.07, 6.45) is 4.96. The molecule has 1 saturated heterocycles. The molecule has 1 fully saturated rings. The van der Waals surface area contributed by atoms with Crippen LogP contribution in [-0.2, 0) is 19.5 Å². The molecule has 4 rings (SSSR count). The van der Waals surface area contributed by atoms with Crippen molar-refractivity contribution < 1.29 is 9.59 Å². The smallest absolute Gasteiger partial charge is 0.287 e. The van der Waals surface area contributed by atoms with Gasteiger partial charge in [-0.25, -0.2) is 4.98 Å². The molecule has 2 aliphatic heterocycles. The molecule has 1 aromatic heterocycles. The largest absolute Gasteiger partial charge is 0.345 e. The lowest BCUT2D eigenvalue weighted by Gasteiger charge is -2.18. The first kappa shape index (κ1) is 16.8. The monoisotopic (exact) mass is 352 g/mol. The fourth-order valence-electron chi connectivity index (χ4n) is 3.81. The van der Waals surface area contributed by atoms with Gasteiger partial charge in [0.2, 0.25) is 0 Å². The summed E-state index contributed by atoms with van der Waals surface area (Å²) in [4.78, 5) is 32.0. The van der Waals surface area contributed by atoms with Gasteiger partial charge in [-0.1, -0.05) is 30.3 Å². The SMILES string of the molecule is O=C(NCc1ccccc1)c1nc(C(=O)N2CCCC2)c2n1CCCC2. The molecule has 136 valence electrons. The molecule has 1 N–H and O–H groups in total. The van der Waals surface area contributed by atoms with Crippen molar-refractivity contribution >= 4 is 11.8 Å². The van der Waals surface area contributed by atoms with Crippen LogP contribution in [0, 0.1) is 0 Å². The third-order valence-corrected chi connectivity index (χ3v) is 5.21. The summed E-state index contributed by atoms with van der Waals surface area (Å²) < 4.78 is 1.95. The van der Waals surface area contributed by atoms with Gasteiger partial charge < -0.3 is 14.8 Å². The van der Waals surface area contributed by atoms with Gasteiger partial charge in [0.25, 0.3) is 11.8 Å². The lowest BCUT2D eigenvalue weighted by Crippen LogP contribution is -2.29. The highest BCUT2D eigenvalue weighted by Crippen LogP contribution is 2.23. The molecular weight excluding hydrogens is 328 g/mol. The predicted octanol–water partition coefficient (Wildman–Crippen LogP) is 2.39. The summed E-state index contributed by atoms with van der Waals surface area (Å²) in [6.45, 7) is 2.79. The molecule has 2 amide bonds. The van der Waals surface area contributed by atoms with Crippen LogP contribution in [0.5, 0.6) is 0 Å². The Bertz CT molecular complexity index is 807. The molecular formula is C20H24N4O2. The Morgan fingerprint density at radius 3 is 2.50 bits per heavy atom. The van der Waals surface area contributed by atoms with Gasteiger partial charge in [0.1, 0.15) is 5.69 Å². The lowest BCUT2D eigenvalue weighted by molar-refractivity contribution is 0.0786. The molecule has 2 aromatic rings. The molecule has 3 heterocycles. The maximum absolute atomic E-state index is 12.9. The Hall–Kier alpha value is -2.63. The number of carbonyl (C=O) groups is 2. The van der Waals surface area contributed by atoms with Crippen molar-refractivity contribution in [1.29, 1.82) is 0 Å². The van der Waals surface area contributed by atoms with Crippen molar-refractivity contribution in [3.63, 3.8) is 0 Å². The Balaban J connectivity index is 1.57. The van der Waals surface area contributed by atoms with E-state index in [1.54, 1.807) is 0 Å². The highest BCUT2D eigenvalue weighted by Gasteiger charge is 2.30. The maximum atomic E-state index is 12.9. The van der Waals surface area contributed by atoms with Crippen molar-refractivity contribution in [3.8, 4) is 0 Å². The zero-order valence-corrected chi connectivity index (χ0v) is 14.9. The molecule has 1 aromatic carbocycles. The van der Waals surface area contributed by atoms with E-state index in [0.717, 1.165) is 63.0 Å². The normalized spacial score (nSPS) is 16.4.